The molecule has 1 saturated heterocycles. The van der Waals surface area contributed by atoms with Gasteiger partial charge in [-0.15, -0.1) is 0 Å². The molecule has 0 amide bonds. The van der Waals surface area contributed by atoms with Gasteiger partial charge in [-0.25, -0.2) is 0 Å². The Morgan fingerprint density at radius 2 is 2.09 bits per heavy atom. The topological polar surface area (TPSA) is 29.5 Å². The van der Waals surface area contributed by atoms with Crippen molar-refractivity contribution in [1.82, 2.24) is 0 Å². The lowest BCUT2D eigenvalue weighted by Gasteiger charge is -2.27. The maximum Gasteiger partial charge on any atom is 0.398 e. The molecule has 1 fully saturated rings. The van der Waals surface area contributed by atoms with Crippen LogP contribution in [0.3, 0.4) is 0 Å². The molecule has 11 heavy (non-hydrogen) atoms. The summed E-state index contributed by atoms with van der Waals surface area (Å²) >= 11 is 0. The summed E-state index contributed by atoms with van der Waals surface area (Å²) in [5, 5.41) is 8.55. The van der Waals surface area contributed by atoms with Crippen LogP contribution in [-0.2, 0) is 4.74 Å². The Morgan fingerprint density at radius 3 is 2.27 bits per heavy atom. The Morgan fingerprint density at radius 1 is 1.45 bits per heavy atom. The lowest BCUT2D eigenvalue weighted by molar-refractivity contribution is -0.233. The Kier molecular flexibility index (Phi) is 2.11. The van der Waals surface area contributed by atoms with E-state index >= 15 is 0 Å². The number of hydrogen-bond donors (Lipinski definition) is 1. The van der Waals surface area contributed by atoms with Gasteiger partial charge in [0.1, 0.15) is 5.41 Å². The average Bonchev–Trinajstić information content (AvgIpc) is 2.33. The lowest BCUT2D eigenvalue weighted by Crippen LogP contribution is -2.41. The molecule has 0 saturated carbocycles. The third kappa shape index (κ3) is 1.35. The molecule has 1 atom stereocenters. The van der Waals surface area contributed by atoms with Crippen LogP contribution >= 0.6 is 0 Å². The second-order valence-electron chi connectivity index (χ2n) is 2.74. The fraction of sp³-hybridized carbons (Fsp3) is 1.00. The first-order valence-electron chi connectivity index (χ1n) is 3.27. The molecule has 1 aliphatic heterocycles. The molecule has 0 aromatic carbocycles. The van der Waals surface area contributed by atoms with Crippen LogP contribution in [0.1, 0.15) is 6.42 Å². The van der Waals surface area contributed by atoms with E-state index in [9.17, 15) is 13.2 Å². The standard InChI is InChI=1S/C6H9F3O2/c7-6(8,9)5(3-10)1-2-11-4-5/h10H,1-4H2. The highest BCUT2D eigenvalue weighted by Crippen LogP contribution is 2.43. The first-order valence-corrected chi connectivity index (χ1v) is 3.27. The van der Waals surface area contributed by atoms with Gasteiger partial charge in [-0.1, -0.05) is 0 Å². The van der Waals surface area contributed by atoms with Crippen LogP contribution in [-0.4, -0.2) is 31.1 Å². The molecule has 1 rings (SSSR count). The van der Waals surface area contributed by atoms with Gasteiger partial charge in [-0.2, -0.15) is 13.2 Å². The van der Waals surface area contributed by atoms with Gasteiger partial charge in [0.2, 0.25) is 0 Å². The summed E-state index contributed by atoms with van der Waals surface area (Å²) in [6.07, 6.45) is -4.48. The SMILES string of the molecule is OCC1(C(F)(F)F)CCOC1. The predicted octanol–water partition coefficient (Wildman–Crippen LogP) is 0.948. The van der Waals surface area contributed by atoms with Crippen molar-refractivity contribution in [3.05, 3.63) is 0 Å². The smallest absolute Gasteiger partial charge is 0.395 e. The van der Waals surface area contributed by atoms with Gasteiger partial charge in [0.25, 0.3) is 0 Å². The molecule has 2 nitrogen and oxygen atoms in total. The van der Waals surface area contributed by atoms with E-state index < -0.39 is 24.8 Å². The van der Waals surface area contributed by atoms with E-state index in [4.69, 9.17) is 5.11 Å². The average molecular weight is 170 g/mol. The summed E-state index contributed by atoms with van der Waals surface area (Å²) in [6.45, 7) is -1.20. The monoisotopic (exact) mass is 170 g/mol. The molecule has 1 unspecified atom stereocenters. The Bertz CT molecular complexity index is 137. The summed E-state index contributed by atoms with van der Waals surface area (Å²) in [5.41, 5.74) is -1.99. The minimum absolute atomic E-state index is 0.0834. The number of aliphatic hydroxyl groups excluding tert-OH is 1. The van der Waals surface area contributed by atoms with Crippen LogP contribution in [0.25, 0.3) is 0 Å². The van der Waals surface area contributed by atoms with Crippen LogP contribution < -0.4 is 0 Å². The fourth-order valence-electron chi connectivity index (χ4n) is 1.05. The van der Waals surface area contributed by atoms with Crippen molar-refractivity contribution in [2.75, 3.05) is 19.8 Å². The zero-order valence-corrected chi connectivity index (χ0v) is 5.82. The lowest BCUT2D eigenvalue weighted by atomic mass is 9.88. The molecule has 0 aromatic heterocycles. The summed E-state index contributed by atoms with van der Waals surface area (Å²) in [7, 11) is 0. The Balaban J connectivity index is 2.75. The van der Waals surface area contributed by atoms with Gasteiger partial charge in [-0.05, 0) is 6.42 Å². The molecular formula is C6H9F3O2. The molecular weight excluding hydrogens is 161 g/mol. The van der Waals surface area contributed by atoms with Crippen LogP contribution in [0.2, 0.25) is 0 Å². The van der Waals surface area contributed by atoms with E-state index in [1.54, 1.807) is 0 Å². The molecule has 0 aliphatic carbocycles. The van der Waals surface area contributed by atoms with Crippen LogP contribution in [0.5, 0.6) is 0 Å². The van der Waals surface area contributed by atoms with Crippen LogP contribution in [0.4, 0.5) is 13.2 Å². The van der Waals surface area contributed by atoms with Gasteiger partial charge < -0.3 is 9.84 Å². The van der Waals surface area contributed by atoms with Crippen molar-refractivity contribution in [1.29, 1.82) is 0 Å². The second kappa shape index (κ2) is 2.64. The highest BCUT2D eigenvalue weighted by atomic mass is 19.4. The van der Waals surface area contributed by atoms with Crippen LogP contribution in [0.15, 0.2) is 0 Å². The second-order valence-corrected chi connectivity index (χ2v) is 2.74. The third-order valence-electron chi connectivity index (χ3n) is 2.01. The first kappa shape index (κ1) is 8.80. The predicted molar refractivity (Wildman–Crippen MR) is 31.0 cm³/mol. The normalized spacial score (nSPS) is 32.7. The largest absolute Gasteiger partial charge is 0.398 e. The van der Waals surface area contributed by atoms with E-state index in [0.717, 1.165) is 0 Å². The van der Waals surface area contributed by atoms with Gasteiger partial charge in [0.05, 0.1) is 13.2 Å². The summed E-state index contributed by atoms with van der Waals surface area (Å²) in [6, 6.07) is 0. The number of halogens is 3. The number of alkyl halides is 3. The minimum atomic E-state index is -4.35. The van der Waals surface area contributed by atoms with Crippen molar-refractivity contribution in [3.8, 4) is 0 Å². The van der Waals surface area contributed by atoms with Crippen molar-refractivity contribution < 1.29 is 23.0 Å². The maximum absolute atomic E-state index is 12.2. The van der Waals surface area contributed by atoms with E-state index in [1.807, 2.05) is 0 Å². The molecule has 1 aliphatic rings. The van der Waals surface area contributed by atoms with Gasteiger partial charge in [0, 0.05) is 6.61 Å². The summed E-state index contributed by atoms with van der Waals surface area (Å²) in [5.74, 6) is 0. The quantitative estimate of drug-likeness (QED) is 0.634. The Hall–Kier alpha value is -0.290. The van der Waals surface area contributed by atoms with Gasteiger partial charge in [-0.3, -0.25) is 0 Å². The first-order chi connectivity index (χ1) is 5.02. The van der Waals surface area contributed by atoms with E-state index in [0.29, 0.717) is 0 Å². The third-order valence-corrected chi connectivity index (χ3v) is 2.01. The zero-order chi connectivity index (χ0) is 8.54. The van der Waals surface area contributed by atoms with E-state index in [-0.39, 0.29) is 13.0 Å². The van der Waals surface area contributed by atoms with Crippen LogP contribution in [0, 0.1) is 5.41 Å². The number of rotatable bonds is 1. The van der Waals surface area contributed by atoms with Crippen molar-refractivity contribution in [3.63, 3.8) is 0 Å². The van der Waals surface area contributed by atoms with Crippen molar-refractivity contribution >= 4 is 0 Å². The van der Waals surface area contributed by atoms with E-state index in [2.05, 4.69) is 4.74 Å². The molecule has 1 heterocycles. The minimum Gasteiger partial charge on any atom is -0.395 e. The van der Waals surface area contributed by atoms with Crippen molar-refractivity contribution in [2.45, 2.75) is 12.6 Å². The molecule has 0 bridgehead atoms. The molecule has 0 radical (unpaired) electrons. The molecule has 1 N–H and O–H groups in total. The molecule has 0 spiro atoms. The van der Waals surface area contributed by atoms with Gasteiger partial charge in [0.15, 0.2) is 0 Å². The molecule has 5 heteroatoms. The highest BCUT2D eigenvalue weighted by molar-refractivity contribution is 4.89. The molecule has 66 valence electrons. The number of hydrogen-bond acceptors (Lipinski definition) is 2. The van der Waals surface area contributed by atoms with Crippen molar-refractivity contribution in [2.24, 2.45) is 5.41 Å². The van der Waals surface area contributed by atoms with Gasteiger partial charge >= 0.3 is 6.18 Å². The maximum atomic E-state index is 12.2. The fourth-order valence-corrected chi connectivity index (χ4v) is 1.05. The zero-order valence-electron chi connectivity index (χ0n) is 5.82. The molecule has 0 aromatic rings. The summed E-state index contributed by atoms with van der Waals surface area (Å²) < 4.78 is 41.1. The number of ether oxygens (including phenoxy) is 1. The summed E-state index contributed by atoms with van der Waals surface area (Å²) in [4.78, 5) is 0. The highest BCUT2D eigenvalue weighted by Gasteiger charge is 2.56. The number of aliphatic hydroxyl groups is 1. The Labute approximate surface area is 62.0 Å². The van der Waals surface area contributed by atoms with E-state index in [1.165, 1.54) is 0 Å².